The molecule has 0 aromatic rings. The summed E-state index contributed by atoms with van der Waals surface area (Å²) in [5, 5.41) is 8.87. The minimum Gasteiger partial charge on any atom is -0.395 e. The van der Waals surface area contributed by atoms with E-state index in [9.17, 15) is 0 Å². The van der Waals surface area contributed by atoms with Crippen LogP contribution in [-0.4, -0.2) is 17.8 Å². The van der Waals surface area contributed by atoms with Gasteiger partial charge in [0.15, 0.2) is 0 Å². The van der Waals surface area contributed by atoms with Gasteiger partial charge in [-0.2, -0.15) is 0 Å². The number of rotatable bonds is 22. The van der Waals surface area contributed by atoms with Crippen molar-refractivity contribution in [1.29, 1.82) is 0 Å². The Morgan fingerprint density at radius 3 is 1.04 bits per heavy atom. The number of hydrogen-bond donors (Lipinski definition) is 2. The molecule has 0 saturated carbocycles. The van der Waals surface area contributed by atoms with Gasteiger partial charge in [-0.25, -0.2) is 0 Å². The van der Waals surface area contributed by atoms with E-state index in [1.165, 1.54) is 128 Å². The molecular formula is C24H51NO. The molecule has 2 heteroatoms. The molecule has 3 N–H and O–H groups in total. The highest BCUT2D eigenvalue weighted by atomic mass is 16.3. The third kappa shape index (κ3) is 22.0. The largest absolute Gasteiger partial charge is 0.395 e. The molecule has 0 fully saturated rings. The third-order valence-electron chi connectivity index (χ3n) is 5.66. The van der Waals surface area contributed by atoms with Crippen LogP contribution < -0.4 is 5.73 Å². The number of nitrogens with two attached hydrogens (primary N) is 1. The topological polar surface area (TPSA) is 46.2 Å². The molecular weight excluding hydrogens is 318 g/mol. The first-order chi connectivity index (χ1) is 12.8. The standard InChI is InChI=1S/C24H51NO/c1-2-3-4-5-6-7-8-9-10-11-12-13-14-15-16-17-18-19-20-21-22-24(25)23-26/h24,26H,2-23,25H2,1H3. The number of hydrogen-bond acceptors (Lipinski definition) is 2. The Labute approximate surface area is 165 Å². The molecule has 0 rings (SSSR count). The van der Waals surface area contributed by atoms with Crippen LogP contribution in [0.15, 0.2) is 0 Å². The monoisotopic (exact) mass is 369 g/mol. The maximum atomic E-state index is 8.87. The lowest BCUT2D eigenvalue weighted by molar-refractivity contribution is 0.257. The lowest BCUT2D eigenvalue weighted by Crippen LogP contribution is -2.23. The molecule has 0 saturated heterocycles. The number of aliphatic hydroxyl groups is 1. The first kappa shape index (κ1) is 25.9. The Kier molecular flexibility index (Phi) is 22.9. The van der Waals surface area contributed by atoms with Gasteiger partial charge in [0, 0.05) is 6.04 Å². The van der Waals surface area contributed by atoms with Crippen LogP contribution in [0, 0.1) is 0 Å². The first-order valence-corrected chi connectivity index (χ1v) is 12.2. The summed E-state index contributed by atoms with van der Waals surface area (Å²) in [6.07, 6.45) is 29.3. The molecule has 0 aliphatic rings. The molecule has 26 heavy (non-hydrogen) atoms. The second kappa shape index (κ2) is 23.0. The van der Waals surface area contributed by atoms with Crippen molar-refractivity contribution in [2.24, 2.45) is 5.73 Å². The normalized spacial score (nSPS) is 12.6. The zero-order valence-corrected chi connectivity index (χ0v) is 18.2. The lowest BCUT2D eigenvalue weighted by Gasteiger charge is -2.07. The van der Waals surface area contributed by atoms with E-state index in [4.69, 9.17) is 10.8 Å². The first-order valence-electron chi connectivity index (χ1n) is 12.2. The number of aliphatic hydroxyl groups excluding tert-OH is 1. The molecule has 0 aliphatic heterocycles. The van der Waals surface area contributed by atoms with Crippen molar-refractivity contribution in [3.63, 3.8) is 0 Å². The van der Waals surface area contributed by atoms with Crippen molar-refractivity contribution in [1.82, 2.24) is 0 Å². The summed E-state index contributed by atoms with van der Waals surface area (Å²) in [5.74, 6) is 0. The van der Waals surface area contributed by atoms with Gasteiger partial charge >= 0.3 is 0 Å². The summed E-state index contributed by atoms with van der Waals surface area (Å²) >= 11 is 0. The third-order valence-corrected chi connectivity index (χ3v) is 5.66. The summed E-state index contributed by atoms with van der Waals surface area (Å²) in [5.41, 5.74) is 5.70. The molecule has 0 amide bonds. The Balaban J connectivity index is 2.99. The maximum Gasteiger partial charge on any atom is 0.0582 e. The van der Waals surface area contributed by atoms with E-state index in [1.807, 2.05) is 0 Å². The van der Waals surface area contributed by atoms with Gasteiger partial charge < -0.3 is 10.8 Å². The minimum atomic E-state index is 0.00514. The van der Waals surface area contributed by atoms with Gasteiger partial charge in [-0.15, -0.1) is 0 Å². The van der Waals surface area contributed by atoms with Gasteiger partial charge in [0.25, 0.3) is 0 Å². The molecule has 158 valence electrons. The van der Waals surface area contributed by atoms with Gasteiger partial charge in [0.05, 0.1) is 6.61 Å². The molecule has 0 heterocycles. The van der Waals surface area contributed by atoms with Crippen LogP contribution >= 0.6 is 0 Å². The Morgan fingerprint density at radius 1 is 0.500 bits per heavy atom. The quantitative estimate of drug-likeness (QED) is 0.194. The highest BCUT2D eigenvalue weighted by Crippen LogP contribution is 2.15. The van der Waals surface area contributed by atoms with Gasteiger partial charge in [-0.3, -0.25) is 0 Å². The van der Waals surface area contributed by atoms with E-state index < -0.39 is 0 Å². The Bertz CT molecular complexity index is 244. The predicted molar refractivity (Wildman–Crippen MR) is 118 cm³/mol. The highest BCUT2D eigenvalue weighted by Gasteiger charge is 1.99. The van der Waals surface area contributed by atoms with Crippen molar-refractivity contribution in [3.8, 4) is 0 Å². The fourth-order valence-corrected chi connectivity index (χ4v) is 3.75. The van der Waals surface area contributed by atoms with E-state index in [1.54, 1.807) is 0 Å². The summed E-state index contributed by atoms with van der Waals surface area (Å²) in [6.45, 7) is 2.43. The smallest absolute Gasteiger partial charge is 0.0582 e. The molecule has 0 aromatic carbocycles. The molecule has 0 spiro atoms. The summed E-state index contributed by atoms with van der Waals surface area (Å²) in [4.78, 5) is 0. The van der Waals surface area contributed by atoms with Gasteiger partial charge in [0.2, 0.25) is 0 Å². The highest BCUT2D eigenvalue weighted by molar-refractivity contribution is 4.58. The van der Waals surface area contributed by atoms with Crippen molar-refractivity contribution < 1.29 is 5.11 Å². The predicted octanol–water partition coefficient (Wildman–Crippen LogP) is 7.52. The van der Waals surface area contributed by atoms with E-state index in [2.05, 4.69) is 6.92 Å². The summed E-state index contributed by atoms with van der Waals surface area (Å²) < 4.78 is 0. The summed E-state index contributed by atoms with van der Waals surface area (Å²) in [7, 11) is 0. The summed E-state index contributed by atoms with van der Waals surface area (Å²) in [6, 6.07) is 0.00514. The van der Waals surface area contributed by atoms with Crippen LogP contribution in [0.25, 0.3) is 0 Å². The zero-order valence-electron chi connectivity index (χ0n) is 18.2. The Hall–Kier alpha value is -0.0800. The molecule has 2 nitrogen and oxygen atoms in total. The molecule has 1 atom stereocenters. The van der Waals surface area contributed by atoms with E-state index in [0.29, 0.717) is 0 Å². The fraction of sp³-hybridized carbons (Fsp3) is 1.00. The second-order valence-electron chi connectivity index (χ2n) is 8.45. The zero-order chi connectivity index (χ0) is 19.1. The van der Waals surface area contributed by atoms with Gasteiger partial charge in [-0.1, -0.05) is 135 Å². The van der Waals surface area contributed by atoms with Crippen molar-refractivity contribution in [2.75, 3.05) is 6.61 Å². The second-order valence-corrected chi connectivity index (χ2v) is 8.45. The maximum absolute atomic E-state index is 8.87. The van der Waals surface area contributed by atoms with Crippen LogP contribution in [0.2, 0.25) is 0 Å². The van der Waals surface area contributed by atoms with Crippen molar-refractivity contribution in [3.05, 3.63) is 0 Å². The Morgan fingerprint density at radius 2 is 0.769 bits per heavy atom. The SMILES string of the molecule is CCCCCCCCCCCCCCCCCCCCCCC(N)CO. The molecule has 0 radical (unpaired) electrons. The van der Waals surface area contributed by atoms with E-state index in [0.717, 1.165) is 6.42 Å². The van der Waals surface area contributed by atoms with Gasteiger partial charge in [0.1, 0.15) is 0 Å². The van der Waals surface area contributed by atoms with Crippen LogP contribution in [0.5, 0.6) is 0 Å². The molecule has 0 aliphatic carbocycles. The molecule has 0 aromatic heterocycles. The lowest BCUT2D eigenvalue weighted by atomic mass is 10.0. The van der Waals surface area contributed by atoms with Crippen LogP contribution in [0.1, 0.15) is 142 Å². The van der Waals surface area contributed by atoms with E-state index in [-0.39, 0.29) is 12.6 Å². The molecule has 1 unspecified atom stereocenters. The van der Waals surface area contributed by atoms with E-state index >= 15 is 0 Å². The minimum absolute atomic E-state index is 0.00514. The molecule has 0 bridgehead atoms. The average Bonchev–Trinajstić information content (AvgIpc) is 2.66. The average molecular weight is 370 g/mol. The van der Waals surface area contributed by atoms with Crippen LogP contribution in [0.3, 0.4) is 0 Å². The number of unbranched alkanes of at least 4 members (excludes halogenated alkanes) is 19. The van der Waals surface area contributed by atoms with Crippen LogP contribution in [0.4, 0.5) is 0 Å². The van der Waals surface area contributed by atoms with Crippen LogP contribution in [-0.2, 0) is 0 Å². The van der Waals surface area contributed by atoms with Gasteiger partial charge in [-0.05, 0) is 6.42 Å². The van der Waals surface area contributed by atoms with Crippen molar-refractivity contribution in [2.45, 2.75) is 148 Å². The van der Waals surface area contributed by atoms with Crippen molar-refractivity contribution >= 4 is 0 Å². The fourth-order valence-electron chi connectivity index (χ4n) is 3.75.